The Bertz CT molecular complexity index is 580. The van der Waals surface area contributed by atoms with E-state index in [1.165, 1.54) is 10.0 Å². The van der Waals surface area contributed by atoms with Gasteiger partial charge in [-0.1, -0.05) is 22.0 Å². The first-order valence-corrected chi connectivity index (χ1v) is 7.89. The van der Waals surface area contributed by atoms with E-state index >= 15 is 0 Å². The molecule has 0 atom stereocenters. The molecule has 106 valence electrons. The molecule has 1 saturated carbocycles. The van der Waals surface area contributed by atoms with Gasteiger partial charge in [0.2, 0.25) is 0 Å². The normalized spacial score (nSPS) is 26.0. The number of ether oxygens (including phenoxy) is 2. The first-order chi connectivity index (χ1) is 9.64. The van der Waals surface area contributed by atoms with Gasteiger partial charge in [-0.3, -0.25) is 0 Å². The van der Waals surface area contributed by atoms with Gasteiger partial charge in [-0.15, -0.1) is 0 Å². The van der Waals surface area contributed by atoms with Crippen LogP contribution in [0.5, 0.6) is 0 Å². The molecule has 2 aliphatic carbocycles. The van der Waals surface area contributed by atoms with Crippen molar-refractivity contribution in [2.45, 2.75) is 36.9 Å². The molecule has 1 aromatic rings. The van der Waals surface area contributed by atoms with Crippen LogP contribution in [0.1, 0.15) is 36.8 Å². The summed E-state index contributed by atoms with van der Waals surface area (Å²) in [6.07, 6.45) is 5.80. The van der Waals surface area contributed by atoms with Crippen LogP contribution in [-0.4, -0.2) is 19.0 Å². The third kappa shape index (κ3) is 1.74. The third-order valence-corrected chi connectivity index (χ3v) is 5.94. The van der Waals surface area contributed by atoms with Gasteiger partial charge >= 0.3 is 0 Å². The van der Waals surface area contributed by atoms with Crippen molar-refractivity contribution in [2.24, 2.45) is 0 Å². The molecule has 0 amide bonds. The molecule has 4 heteroatoms. The van der Waals surface area contributed by atoms with Crippen LogP contribution in [0, 0.1) is 5.82 Å². The highest BCUT2D eigenvalue weighted by atomic mass is 79.9. The van der Waals surface area contributed by atoms with Gasteiger partial charge in [0.15, 0.2) is 5.79 Å². The lowest BCUT2D eigenvalue weighted by Gasteiger charge is -2.42. The van der Waals surface area contributed by atoms with Crippen molar-refractivity contribution < 1.29 is 13.9 Å². The highest BCUT2D eigenvalue weighted by molar-refractivity contribution is 9.11. The maximum Gasteiger partial charge on any atom is 0.168 e. The van der Waals surface area contributed by atoms with Gasteiger partial charge in [0.1, 0.15) is 5.82 Å². The van der Waals surface area contributed by atoms with Gasteiger partial charge in [0.25, 0.3) is 0 Å². The van der Waals surface area contributed by atoms with Crippen LogP contribution < -0.4 is 0 Å². The lowest BCUT2D eigenvalue weighted by molar-refractivity contribution is -0.182. The van der Waals surface area contributed by atoms with E-state index in [1.54, 1.807) is 12.1 Å². The first kappa shape index (κ1) is 13.0. The van der Waals surface area contributed by atoms with Crippen molar-refractivity contribution in [3.8, 4) is 0 Å². The van der Waals surface area contributed by atoms with Crippen molar-refractivity contribution >= 4 is 22.0 Å². The molecule has 1 aromatic carbocycles. The Hall–Kier alpha value is -0.710. The summed E-state index contributed by atoms with van der Waals surface area (Å²) in [6, 6.07) is 5.12. The summed E-state index contributed by atoms with van der Waals surface area (Å²) in [4.78, 5) is 0. The molecule has 2 spiro atoms. The number of hydrogen-bond donors (Lipinski definition) is 0. The zero-order valence-corrected chi connectivity index (χ0v) is 12.7. The number of benzene rings is 1. The molecule has 3 aliphatic rings. The largest absolute Gasteiger partial charge is 0.348 e. The average molecular weight is 339 g/mol. The van der Waals surface area contributed by atoms with Crippen LogP contribution >= 0.6 is 15.9 Å². The Morgan fingerprint density at radius 1 is 1.05 bits per heavy atom. The highest BCUT2D eigenvalue weighted by Crippen LogP contribution is 2.56. The second kappa shape index (κ2) is 4.39. The fourth-order valence-corrected chi connectivity index (χ4v) is 4.70. The Morgan fingerprint density at radius 3 is 2.45 bits per heavy atom. The molecule has 0 radical (unpaired) electrons. The maximum absolute atomic E-state index is 13.4. The van der Waals surface area contributed by atoms with Crippen molar-refractivity contribution in [2.75, 3.05) is 13.2 Å². The predicted octanol–water partition coefficient (Wildman–Crippen LogP) is 4.13. The second-order valence-corrected chi connectivity index (χ2v) is 6.77. The molecule has 20 heavy (non-hydrogen) atoms. The first-order valence-electron chi connectivity index (χ1n) is 7.09. The number of fused-ring (bicyclic) bond motifs is 2. The molecule has 0 bridgehead atoms. The van der Waals surface area contributed by atoms with Crippen molar-refractivity contribution in [1.82, 2.24) is 0 Å². The van der Waals surface area contributed by atoms with Gasteiger partial charge in [-0.2, -0.15) is 0 Å². The molecule has 1 aliphatic heterocycles. The zero-order chi connectivity index (χ0) is 13.8. The molecule has 4 rings (SSSR count). The third-order valence-electron chi connectivity index (χ3n) is 4.95. The van der Waals surface area contributed by atoms with E-state index in [1.807, 2.05) is 6.07 Å². The lowest BCUT2D eigenvalue weighted by atomic mass is 9.69. The Kier molecular flexibility index (Phi) is 2.85. The van der Waals surface area contributed by atoms with Gasteiger partial charge in [-0.25, -0.2) is 4.39 Å². The summed E-state index contributed by atoms with van der Waals surface area (Å²) in [7, 11) is 0. The Labute approximate surface area is 126 Å². The SMILES string of the molecule is Fc1ccc2c(c1)C=C(Br)C21CCC2(CC1)OCCO2. The van der Waals surface area contributed by atoms with E-state index in [9.17, 15) is 4.39 Å². The Balaban J connectivity index is 1.68. The van der Waals surface area contributed by atoms with Crippen LogP contribution in [-0.2, 0) is 14.9 Å². The topological polar surface area (TPSA) is 18.5 Å². The smallest absolute Gasteiger partial charge is 0.168 e. The molecule has 0 unspecified atom stereocenters. The molecule has 0 aromatic heterocycles. The fraction of sp³-hybridized carbons (Fsp3) is 0.500. The molecule has 2 nitrogen and oxygen atoms in total. The number of halogens is 2. The van der Waals surface area contributed by atoms with Gasteiger partial charge in [0, 0.05) is 22.7 Å². The van der Waals surface area contributed by atoms with E-state index in [4.69, 9.17) is 9.47 Å². The summed E-state index contributed by atoms with van der Waals surface area (Å²) in [5.74, 6) is -0.534. The molecule has 2 fully saturated rings. The van der Waals surface area contributed by atoms with Crippen molar-refractivity contribution in [1.29, 1.82) is 0 Å². The second-order valence-electron chi connectivity index (χ2n) is 5.91. The van der Waals surface area contributed by atoms with Crippen LogP contribution in [0.15, 0.2) is 22.7 Å². The minimum Gasteiger partial charge on any atom is -0.348 e. The number of hydrogen-bond acceptors (Lipinski definition) is 2. The highest BCUT2D eigenvalue weighted by Gasteiger charge is 2.50. The van der Waals surface area contributed by atoms with E-state index in [2.05, 4.69) is 22.0 Å². The molecule has 1 saturated heterocycles. The van der Waals surface area contributed by atoms with Crippen LogP contribution in [0.25, 0.3) is 6.08 Å². The van der Waals surface area contributed by atoms with E-state index in [-0.39, 0.29) is 17.0 Å². The summed E-state index contributed by atoms with van der Waals surface area (Å²) in [5, 5.41) is 0. The molecular formula is C16H16BrFO2. The number of allylic oxidation sites excluding steroid dienone is 1. The lowest BCUT2D eigenvalue weighted by Crippen LogP contribution is -2.41. The Morgan fingerprint density at radius 2 is 1.75 bits per heavy atom. The van der Waals surface area contributed by atoms with E-state index in [0.717, 1.165) is 31.2 Å². The molecular weight excluding hydrogens is 323 g/mol. The summed E-state index contributed by atoms with van der Waals surface area (Å²) in [6.45, 7) is 1.40. The van der Waals surface area contributed by atoms with Crippen LogP contribution in [0.2, 0.25) is 0 Å². The van der Waals surface area contributed by atoms with E-state index < -0.39 is 0 Å². The number of rotatable bonds is 0. The van der Waals surface area contributed by atoms with Gasteiger partial charge in [0.05, 0.1) is 13.2 Å². The predicted molar refractivity (Wildman–Crippen MR) is 78.1 cm³/mol. The summed E-state index contributed by atoms with van der Waals surface area (Å²) < 4.78 is 26.2. The van der Waals surface area contributed by atoms with Crippen molar-refractivity contribution in [3.63, 3.8) is 0 Å². The molecule has 1 heterocycles. The molecule has 0 N–H and O–H groups in total. The fourth-order valence-electron chi connectivity index (χ4n) is 3.84. The maximum atomic E-state index is 13.4. The van der Waals surface area contributed by atoms with Gasteiger partial charge in [-0.05, 0) is 42.2 Å². The minimum absolute atomic E-state index is 0.0103. The standard InChI is InChI=1S/C16H16BrFO2/c17-14-10-11-9-12(18)1-2-13(11)15(14)3-5-16(6-4-15)19-7-8-20-16/h1-2,9-10H,3-8H2. The van der Waals surface area contributed by atoms with Crippen molar-refractivity contribution in [3.05, 3.63) is 39.6 Å². The quantitative estimate of drug-likeness (QED) is 0.708. The van der Waals surface area contributed by atoms with Crippen LogP contribution in [0.4, 0.5) is 4.39 Å². The van der Waals surface area contributed by atoms with E-state index in [0.29, 0.717) is 13.2 Å². The summed E-state index contributed by atoms with van der Waals surface area (Å²) >= 11 is 3.72. The van der Waals surface area contributed by atoms with Crippen LogP contribution in [0.3, 0.4) is 0 Å². The average Bonchev–Trinajstić information content (AvgIpc) is 2.98. The van der Waals surface area contributed by atoms with Gasteiger partial charge < -0.3 is 9.47 Å². The minimum atomic E-state index is -0.360. The zero-order valence-electron chi connectivity index (χ0n) is 11.1. The monoisotopic (exact) mass is 338 g/mol. The summed E-state index contributed by atoms with van der Waals surface area (Å²) in [5.41, 5.74) is 2.23.